The minimum Gasteiger partial charge on any atom is -0.481 e. The maximum absolute atomic E-state index is 11.9. The third-order valence-corrected chi connectivity index (χ3v) is 5.19. The summed E-state index contributed by atoms with van der Waals surface area (Å²) in [5.74, 6) is -1.28. The number of hydrogen-bond acceptors (Lipinski definition) is 3. The van der Waals surface area contributed by atoms with Crippen LogP contribution in [0.4, 0.5) is 4.79 Å². The molecule has 1 aliphatic carbocycles. The van der Waals surface area contributed by atoms with Crippen molar-refractivity contribution in [2.24, 2.45) is 5.92 Å². The molecule has 2 unspecified atom stereocenters. The summed E-state index contributed by atoms with van der Waals surface area (Å²) >= 11 is 1.67. The molecule has 0 bridgehead atoms. The Balaban J connectivity index is 1.84. The van der Waals surface area contributed by atoms with E-state index in [4.69, 9.17) is 0 Å². The minimum atomic E-state index is -0.815. The SMILES string of the molecule is Cc1cc(CNC(=O)NC2CCCCC2C(=O)O)sc1C. The number of carbonyl (C=O) groups is 2. The summed E-state index contributed by atoms with van der Waals surface area (Å²) in [6.07, 6.45) is 3.27. The van der Waals surface area contributed by atoms with Crippen molar-refractivity contribution >= 4 is 23.3 Å². The van der Waals surface area contributed by atoms with Gasteiger partial charge in [-0.25, -0.2) is 4.79 Å². The molecule has 2 atom stereocenters. The second-order valence-corrected chi connectivity index (χ2v) is 6.96. The Morgan fingerprint density at radius 1 is 1.33 bits per heavy atom. The van der Waals surface area contributed by atoms with E-state index in [0.717, 1.165) is 24.1 Å². The molecule has 6 heteroatoms. The van der Waals surface area contributed by atoms with E-state index in [9.17, 15) is 14.7 Å². The van der Waals surface area contributed by atoms with Gasteiger partial charge in [0.2, 0.25) is 0 Å². The van der Waals surface area contributed by atoms with Crippen LogP contribution in [-0.2, 0) is 11.3 Å². The third-order valence-electron chi connectivity index (χ3n) is 4.04. The Labute approximate surface area is 128 Å². The molecule has 1 fully saturated rings. The molecule has 0 spiro atoms. The van der Waals surface area contributed by atoms with Gasteiger partial charge in [-0.2, -0.15) is 0 Å². The molecule has 0 aromatic carbocycles. The zero-order valence-electron chi connectivity index (χ0n) is 12.4. The topological polar surface area (TPSA) is 78.4 Å². The Morgan fingerprint density at radius 2 is 2.05 bits per heavy atom. The molecule has 1 heterocycles. The van der Waals surface area contributed by atoms with Crippen LogP contribution in [0, 0.1) is 19.8 Å². The first kappa shape index (κ1) is 15.8. The van der Waals surface area contributed by atoms with E-state index in [-0.39, 0.29) is 12.1 Å². The number of amides is 2. The molecular formula is C15H22N2O3S. The Bertz CT molecular complexity index is 507. The summed E-state index contributed by atoms with van der Waals surface area (Å²) in [6.45, 7) is 4.59. The van der Waals surface area contributed by atoms with Crippen LogP contribution in [0.15, 0.2) is 6.07 Å². The van der Waals surface area contributed by atoms with Crippen molar-refractivity contribution in [1.29, 1.82) is 0 Å². The van der Waals surface area contributed by atoms with Crippen molar-refractivity contribution in [3.8, 4) is 0 Å². The average Bonchev–Trinajstić information content (AvgIpc) is 2.76. The fourth-order valence-corrected chi connectivity index (χ4v) is 3.72. The highest BCUT2D eigenvalue weighted by atomic mass is 32.1. The predicted molar refractivity (Wildman–Crippen MR) is 82.5 cm³/mol. The molecule has 1 aliphatic rings. The summed E-state index contributed by atoms with van der Waals surface area (Å²) in [5.41, 5.74) is 1.23. The van der Waals surface area contributed by atoms with Gasteiger partial charge >= 0.3 is 12.0 Å². The van der Waals surface area contributed by atoms with Crippen LogP contribution in [0.5, 0.6) is 0 Å². The second-order valence-electron chi connectivity index (χ2n) is 5.61. The molecule has 0 aliphatic heterocycles. The number of rotatable bonds is 4. The zero-order valence-corrected chi connectivity index (χ0v) is 13.3. The van der Waals surface area contributed by atoms with Gasteiger partial charge in [0.15, 0.2) is 0 Å². The summed E-state index contributed by atoms with van der Waals surface area (Å²) in [5, 5.41) is 14.8. The molecule has 116 valence electrons. The molecule has 1 saturated carbocycles. The van der Waals surface area contributed by atoms with Gasteiger partial charge in [-0.15, -0.1) is 11.3 Å². The van der Waals surface area contributed by atoms with E-state index >= 15 is 0 Å². The van der Waals surface area contributed by atoms with E-state index in [1.54, 1.807) is 11.3 Å². The van der Waals surface area contributed by atoms with Crippen molar-refractivity contribution < 1.29 is 14.7 Å². The lowest BCUT2D eigenvalue weighted by molar-refractivity contribution is -0.143. The van der Waals surface area contributed by atoms with Crippen LogP contribution in [0.1, 0.15) is 41.0 Å². The fraction of sp³-hybridized carbons (Fsp3) is 0.600. The van der Waals surface area contributed by atoms with E-state index in [1.165, 1.54) is 10.4 Å². The van der Waals surface area contributed by atoms with E-state index in [1.807, 2.05) is 0 Å². The molecule has 21 heavy (non-hydrogen) atoms. The van der Waals surface area contributed by atoms with Gasteiger partial charge in [-0.3, -0.25) is 4.79 Å². The van der Waals surface area contributed by atoms with Crippen LogP contribution in [0.2, 0.25) is 0 Å². The van der Waals surface area contributed by atoms with Crippen molar-refractivity contribution in [3.63, 3.8) is 0 Å². The van der Waals surface area contributed by atoms with Gasteiger partial charge in [0.05, 0.1) is 12.5 Å². The van der Waals surface area contributed by atoms with E-state index in [2.05, 4.69) is 30.5 Å². The molecule has 2 amide bonds. The first-order chi connectivity index (χ1) is 9.97. The molecule has 0 saturated heterocycles. The summed E-state index contributed by atoms with van der Waals surface area (Å²) < 4.78 is 0. The maximum Gasteiger partial charge on any atom is 0.315 e. The molecule has 3 N–H and O–H groups in total. The molecule has 1 aromatic rings. The van der Waals surface area contributed by atoms with E-state index < -0.39 is 11.9 Å². The molecular weight excluding hydrogens is 288 g/mol. The standard InChI is InChI=1S/C15H22N2O3S/c1-9-7-11(21-10(9)2)8-16-15(20)17-13-6-4-3-5-12(13)14(18)19/h7,12-13H,3-6,8H2,1-2H3,(H,18,19)(H2,16,17,20). The number of hydrogen-bond donors (Lipinski definition) is 3. The Morgan fingerprint density at radius 3 is 2.67 bits per heavy atom. The smallest absolute Gasteiger partial charge is 0.315 e. The quantitative estimate of drug-likeness (QED) is 0.800. The highest BCUT2D eigenvalue weighted by Crippen LogP contribution is 2.24. The molecule has 5 nitrogen and oxygen atoms in total. The predicted octanol–water partition coefficient (Wildman–Crippen LogP) is 2.81. The molecule has 0 radical (unpaired) electrons. The van der Waals surface area contributed by atoms with E-state index in [0.29, 0.717) is 13.0 Å². The average molecular weight is 310 g/mol. The van der Waals surface area contributed by atoms with Gasteiger partial charge in [-0.05, 0) is 38.3 Å². The Kier molecular flexibility index (Phi) is 5.22. The monoisotopic (exact) mass is 310 g/mol. The number of aryl methyl sites for hydroxylation is 2. The van der Waals surface area contributed by atoms with Crippen molar-refractivity contribution in [1.82, 2.24) is 10.6 Å². The lowest BCUT2D eigenvalue weighted by Gasteiger charge is -2.29. The zero-order chi connectivity index (χ0) is 15.4. The van der Waals surface area contributed by atoms with Gasteiger partial charge in [0.1, 0.15) is 0 Å². The Hall–Kier alpha value is -1.56. The van der Waals surface area contributed by atoms with Crippen LogP contribution in [0.25, 0.3) is 0 Å². The largest absolute Gasteiger partial charge is 0.481 e. The fourth-order valence-electron chi connectivity index (χ4n) is 2.72. The normalized spacial score (nSPS) is 21.8. The number of carbonyl (C=O) groups excluding carboxylic acids is 1. The van der Waals surface area contributed by atoms with Crippen molar-refractivity contribution in [2.45, 2.75) is 52.1 Å². The van der Waals surface area contributed by atoms with Gasteiger partial charge in [0, 0.05) is 15.8 Å². The van der Waals surface area contributed by atoms with Gasteiger partial charge in [-0.1, -0.05) is 12.8 Å². The van der Waals surface area contributed by atoms with Crippen LogP contribution in [0.3, 0.4) is 0 Å². The highest BCUT2D eigenvalue weighted by Gasteiger charge is 2.31. The number of aliphatic carboxylic acids is 1. The van der Waals surface area contributed by atoms with Crippen LogP contribution < -0.4 is 10.6 Å². The lowest BCUT2D eigenvalue weighted by atomic mass is 9.84. The number of urea groups is 1. The third kappa shape index (κ3) is 4.20. The number of carboxylic acids is 1. The first-order valence-electron chi connectivity index (χ1n) is 7.30. The summed E-state index contributed by atoms with van der Waals surface area (Å²) in [6, 6.07) is 1.53. The van der Waals surface area contributed by atoms with Gasteiger partial charge in [0.25, 0.3) is 0 Å². The second kappa shape index (κ2) is 6.93. The minimum absolute atomic E-state index is 0.261. The summed E-state index contributed by atoms with van der Waals surface area (Å²) in [4.78, 5) is 25.5. The van der Waals surface area contributed by atoms with Crippen molar-refractivity contribution in [3.05, 3.63) is 21.4 Å². The lowest BCUT2D eigenvalue weighted by Crippen LogP contribution is -2.48. The number of thiophene rings is 1. The highest BCUT2D eigenvalue weighted by molar-refractivity contribution is 7.12. The number of carboxylic acid groups (broad SMARTS) is 1. The van der Waals surface area contributed by atoms with Crippen LogP contribution in [-0.4, -0.2) is 23.1 Å². The molecule has 2 rings (SSSR count). The number of nitrogens with one attached hydrogen (secondary N) is 2. The molecule has 1 aromatic heterocycles. The van der Waals surface area contributed by atoms with Crippen LogP contribution >= 0.6 is 11.3 Å². The van der Waals surface area contributed by atoms with Gasteiger partial charge < -0.3 is 15.7 Å². The first-order valence-corrected chi connectivity index (χ1v) is 8.12. The summed E-state index contributed by atoms with van der Waals surface area (Å²) in [7, 11) is 0. The van der Waals surface area contributed by atoms with Crippen molar-refractivity contribution in [2.75, 3.05) is 0 Å². The maximum atomic E-state index is 11.9.